The average molecular weight is 231 g/mol. The Kier molecular flexibility index (Phi) is 2.71. The van der Waals surface area contributed by atoms with Crippen molar-refractivity contribution >= 4 is 11.7 Å². The molecule has 1 N–H and O–H groups in total. The molecular formula is C13H17N3O. The highest BCUT2D eigenvalue weighted by molar-refractivity contribution is 5.81. The van der Waals surface area contributed by atoms with E-state index in [4.69, 9.17) is 0 Å². The SMILES string of the molecule is O=C(C1CC1)N1CC[C@H](Nc2ccccn2)C1. The smallest absolute Gasteiger partial charge is 0.225 e. The molecule has 3 rings (SSSR count). The number of rotatable bonds is 3. The Balaban J connectivity index is 1.55. The van der Waals surface area contributed by atoms with Gasteiger partial charge in [0, 0.05) is 31.2 Å². The van der Waals surface area contributed by atoms with Crippen molar-refractivity contribution in [2.24, 2.45) is 5.92 Å². The molecule has 2 fully saturated rings. The number of carbonyl (C=O) groups is 1. The van der Waals surface area contributed by atoms with Gasteiger partial charge in [0.1, 0.15) is 5.82 Å². The fourth-order valence-electron chi connectivity index (χ4n) is 2.32. The van der Waals surface area contributed by atoms with Crippen LogP contribution in [0.5, 0.6) is 0 Å². The molecule has 1 saturated heterocycles. The van der Waals surface area contributed by atoms with E-state index in [-0.39, 0.29) is 0 Å². The number of anilines is 1. The summed E-state index contributed by atoms with van der Waals surface area (Å²) in [4.78, 5) is 18.1. The van der Waals surface area contributed by atoms with Crippen molar-refractivity contribution in [2.45, 2.75) is 25.3 Å². The van der Waals surface area contributed by atoms with E-state index in [0.29, 0.717) is 17.9 Å². The number of nitrogens with zero attached hydrogens (tertiary/aromatic N) is 2. The third-order valence-electron chi connectivity index (χ3n) is 3.44. The molecule has 1 aliphatic carbocycles. The van der Waals surface area contributed by atoms with E-state index in [1.807, 2.05) is 23.1 Å². The largest absolute Gasteiger partial charge is 0.365 e. The highest BCUT2D eigenvalue weighted by Crippen LogP contribution is 2.32. The first-order valence-electron chi connectivity index (χ1n) is 6.29. The zero-order valence-corrected chi connectivity index (χ0v) is 9.80. The lowest BCUT2D eigenvalue weighted by molar-refractivity contribution is -0.131. The quantitative estimate of drug-likeness (QED) is 0.857. The highest BCUT2D eigenvalue weighted by Gasteiger charge is 2.36. The lowest BCUT2D eigenvalue weighted by atomic mass is 10.2. The van der Waals surface area contributed by atoms with Crippen LogP contribution in [0.15, 0.2) is 24.4 Å². The van der Waals surface area contributed by atoms with Crippen molar-refractivity contribution in [3.05, 3.63) is 24.4 Å². The molecule has 2 aliphatic rings. The van der Waals surface area contributed by atoms with Crippen LogP contribution in [0, 0.1) is 5.92 Å². The van der Waals surface area contributed by atoms with Crippen molar-refractivity contribution in [3.63, 3.8) is 0 Å². The van der Waals surface area contributed by atoms with Crippen molar-refractivity contribution in [2.75, 3.05) is 18.4 Å². The van der Waals surface area contributed by atoms with E-state index in [1.165, 1.54) is 0 Å². The van der Waals surface area contributed by atoms with E-state index in [1.54, 1.807) is 6.20 Å². The maximum atomic E-state index is 11.9. The highest BCUT2D eigenvalue weighted by atomic mass is 16.2. The molecule has 0 aromatic carbocycles. The molecule has 4 nitrogen and oxygen atoms in total. The Morgan fingerprint density at radius 2 is 2.24 bits per heavy atom. The molecular weight excluding hydrogens is 214 g/mol. The van der Waals surface area contributed by atoms with Crippen LogP contribution in [0.4, 0.5) is 5.82 Å². The Labute approximate surface area is 101 Å². The molecule has 4 heteroatoms. The third kappa shape index (κ3) is 2.40. The molecule has 1 aromatic rings. The summed E-state index contributed by atoms with van der Waals surface area (Å²) in [6, 6.07) is 6.19. The normalized spacial score (nSPS) is 23.8. The molecule has 0 radical (unpaired) electrons. The monoisotopic (exact) mass is 231 g/mol. The Morgan fingerprint density at radius 1 is 1.35 bits per heavy atom. The van der Waals surface area contributed by atoms with Gasteiger partial charge >= 0.3 is 0 Å². The molecule has 90 valence electrons. The van der Waals surface area contributed by atoms with Gasteiger partial charge in [-0.1, -0.05) is 6.07 Å². The van der Waals surface area contributed by atoms with Crippen LogP contribution in [0.25, 0.3) is 0 Å². The number of aromatic nitrogens is 1. The summed E-state index contributed by atoms with van der Waals surface area (Å²) >= 11 is 0. The molecule has 1 aliphatic heterocycles. The van der Waals surface area contributed by atoms with E-state index in [9.17, 15) is 4.79 Å². The molecule has 1 saturated carbocycles. The molecule has 2 heterocycles. The average Bonchev–Trinajstić information content (AvgIpc) is 3.11. The van der Waals surface area contributed by atoms with Gasteiger partial charge in [-0.15, -0.1) is 0 Å². The summed E-state index contributed by atoms with van der Waals surface area (Å²) in [5.74, 6) is 1.59. The number of likely N-dealkylation sites (tertiary alicyclic amines) is 1. The Bertz CT molecular complexity index is 402. The molecule has 0 unspecified atom stereocenters. The number of hydrogen-bond donors (Lipinski definition) is 1. The first kappa shape index (κ1) is 10.6. The predicted molar refractivity (Wildman–Crippen MR) is 65.6 cm³/mol. The van der Waals surface area contributed by atoms with E-state index >= 15 is 0 Å². The molecule has 1 atom stereocenters. The Hall–Kier alpha value is -1.58. The molecule has 0 spiro atoms. The fourth-order valence-corrected chi connectivity index (χ4v) is 2.32. The van der Waals surface area contributed by atoms with Crippen LogP contribution in [0.3, 0.4) is 0 Å². The second-order valence-corrected chi connectivity index (χ2v) is 4.90. The summed E-state index contributed by atoms with van der Waals surface area (Å²) in [6.07, 6.45) is 4.99. The molecule has 0 bridgehead atoms. The van der Waals surface area contributed by atoms with Gasteiger partial charge in [0.25, 0.3) is 0 Å². The fraction of sp³-hybridized carbons (Fsp3) is 0.538. The van der Waals surface area contributed by atoms with Gasteiger partial charge in [-0.05, 0) is 31.4 Å². The van der Waals surface area contributed by atoms with E-state index in [0.717, 1.165) is 38.2 Å². The van der Waals surface area contributed by atoms with Gasteiger partial charge in [0.05, 0.1) is 0 Å². The van der Waals surface area contributed by atoms with Crippen LogP contribution in [0.1, 0.15) is 19.3 Å². The number of nitrogens with one attached hydrogen (secondary N) is 1. The van der Waals surface area contributed by atoms with Crippen molar-refractivity contribution in [3.8, 4) is 0 Å². The maximum Gasteiger partial charge on any atom is 0.225 e. The van der Waals surface area contributed by atoms with Crippen LogP contribution in [-0.4, -0.2) is 34.9 Å². The first-order valence-corrected chi connectivity index (χ1v) is 6.29. The van der Waals surface area contributed by atoms with E-state index < -0.39 is 0 Å². The number of hydrogen-bond acceptors (Lipinski definition) is 3. The number of amides is 1. The number of pyridine rings is 1. The lowest BCUT2D eigenvalue weighted by Crippen LogP contribution is -2.32. The summed E-state index contributed by atoms with van der Waals surface area (Å²) in [5, 5.41) is 3.38. The standard InChI is InChI=1S/C13H17N3O/c17-13(10-4-5-10)16-8-6-11(9-16)15-12-3-1-2-7-14-12/h1-3,7,10-11H,4-6,8-9H2,(H,14,15)/t11-/m0/s1. The summed E-state index contributed by atoms with van der Waals surface area (Å²) in [5.41, 5.74) is 0. The van der Waals surface area contributed by atoms with Crippen molar-refractivity contribution < 1.29 is 4.79 Å². The first-order chi connectivity index (χ1) is 8.33. The summed E-state index contributed by atoms with van der Waals surface area (Å²) in [6.45, 7) is 1.71. The van der Waals surface area contributed by atoms with Crippen LogP contribution in [-0.2, 0) is 4.79 Å². The maximum absolute atomic E-state index is 11.9. The van der Waals surface area contributed by atoms with Gasteiger partial charge in [-0.3, -0.25) is 4.79 Å². The van der Waals surface area contributed by atoms with Crippen molar-refractivity contribution in [1.82, 2.24) is 9.88 Å². The zero-order chi connectivity index (χ0) is 11.7. The van der Waals surface area contributed by atoms with Gasteiger partial charge in [0.2, 0.25) is 5.91 Å². The van der Waals surface area contributed by atoms with Gasteiger partial charge in [-0.2, -0.15) is 0 Å². The van der Waals surface area contributed by atoms with Gasteiger partial charge in [-0.25, -0.2) is 4.98 Å². The minimum atomic E-state index is 0.337. The second-order valence-electron chi connectivity index (χ2n) is 4.90. The molecule has 1 amide bonds. The van der Waals surface area contributed by atoms with Gasteiger partial charge in [0.15, 0.2) is 0 Å². The second kappa shape index (κ2) is 4.35. The van der Waals surface area contributed by atoms with Crippen LogP contribution >= 0.6 is 0 Å². The minimum Gasteiger partial charge on any atom is -0.365 e. The molecule has 1 aromatic heterocycles. The minimum absolute atomic E-state index is 0.337. The Morgan fingerprint density at radius 3 is 2.94 bits per heavy atom. The lowest BCUT2D eigenvalue weighted by Gasteiger charge is -2.17. The van der Waals surface area contributed by atoms with Crippen molar-refractivity contribution in [1.29, 1.82) is 0 Å². The van der Waals surface area contributed by atoms with Crippen LogP contribution in [0.2, 0.25) is 0 Å². The zero-order valence-electron chi connectivity index (χ0n) is 9.80. The van der Waals surface area contributed by atoms with Gasteiger partial charge < -0.3 is 10.2 Å². The predicted octanol–water partition coefficient (Wildman–Crippen LogP) is 1.50. The summed E-state index contributed by atoms with van der Waals surface area (Å²) < 4.78 is 0. The topological polar surface area (TPSA) is 45.2 Å². The third-order valence-corrected chi connectivity index (χ3v) is 3.44. The summed E-state index contributed by atoms with van der Waals surface area (Å²) in [7, 11) is 0. The number of carbonyl (C=O) groups excluding carboxylic acids is 1. The van der Waals surface area contributed by atoms with E-state index in [2.05, 4.69) is 10.3 Å². The van der Waals surface area contributed by atoms with Crippen LogP contribution < -0.4 is 5.32 Å². The molecule has 17 heavy (non-hydrogen) atoms.